The molecule has 1 aromatic heterocycles. The minimum Gasteiger partial charge on any atom is -0.505 e. The van der Waals surface area contributed by atoms with Gasteiger partial charge in [-0.15, -0.1) is 45.7 Å². The van der Waals surface area contributed by atoms with E-state index in [4.69, 9.17) is 26.4 Å². The highest BCUT2D eigenvalue weighted by atomic mass is 35.5. The smallest absolute Gasteiger partial charge is 0.397 e. The van der Waals surface area contributed by atoms with Crippen molar-refractivity contribution in [1.82, 2.24) is 15.0 Å². The molecule has 1 heterocycles. The fraction of sp³-hybridized carbons (Fsp3) is 0.139. The second-order valence-corrected chi connectivity index (χ2v) is 25.0. The third kappa shape index (κ3) is 14.3. The number of hydrogen-bond acceptors (Lipinski definition) is 27. The number of thiol groups is 2. The second kappa shape index (κ2) is 21.8. The monoisotopic (exact) mass is 1200 g/mol. The predicted molar refractivity (Wildman–Crippen MR) is 267 cm³/mol. The second-order valence-electron chi connectivity index (χ2n) is 14.6. The summed E-state index contributed by atoms with van der Waals surface area (Å²) in [5.41, 5.74) is 3.77. The van der Waals surface area contributed by atoms with Crippen LogP contribution in [0.25, 0.3) is 10.8 Å². The van der Waals surface area contributed by atoms with Crippen LogP contribution in [-0.4, -0.2) is 121 Å². The van der Waals surface area contributed by atoms with Crippen molar-refractivity contribution < 1.29 is 82.2 Å². The number of anilines is 5. The van der Waals surface area contributed by atoms with E-state index in [-0.39, 0.29) is 54.6 Å². The first-order valence-electron chi connectivity index (χ1n) is 19.4. The standard InChI is InChI=1S/C36H33ClN10O19S8/c1-47(20-3-2-4-21(16-20)69(49,50)11-9-65-73(59,60)61)36-41-34(37)40-35(42-36)39-19-5-8-25(67)24(15-19)44-45-31-27(71(53,54)55)13-18-14-28(72(56,57)58)32(33(48)29(18)30(31)38)46-43-23-7-6-22(17-26(23)68)70(51,52)12-10-66-74(62,63)64/h2-8,13-17,48,67-68H,9-12,38H2,1H3,(H,53,54,55)(H,56,57,58)(H,59,60,61)(H,62,63,64)(H,39,40,41,42). The van der Waals surface area contributed by atoms with Crippen molar-refractivity contribution in [3.8, 4) is 5.75 Å². The van der Waals surface area contributed by atoms with Gasteiger partial charge >= 0.3 is 20.8 Å². The number of nitrogens with two attached hydrogens (primary N) is 1. The number of fused-ring (bicyclic) bond motifs is 1. The number of benzene rings is 5. The highest BCUT2D eigenvalue weighted by Gasteiger charge is 2.29. The van der Waals surface area contributed by atoms with Crippen LogP contribution in [-0.2, 0) is 69.1 Å². The van der Waals surface area contributed by atoms with Crippen LogP contribution >= 0.6 is 36.9 Å². The van der Waals surface area contributed by atoms with Gasteiger partial charge in [0.05, 0.1) is 51.3 Å². The van der Waals surface area contributed by atoms with E-state index in [0.717, 1.165) is 18.2 Å². The van der Waals surface area contributed by atoms with E-state index < -0.39 is 134 Å². The van der Waals surface area contributed by atoms with E-state index in [9.17, 15) is 64.7 Å². The SMILES string of the molecule is CN(c1cccc(S(=O)(=O)CCOS(=O)(=O)O)c1)c1nc(Cl)nc(Nc2ccc(S)c(N=Nc3c(S(=O)(=O)O)cc4cc(S(=O)(=O)O)c(N=Nc5ccc(S(=O)(=O)CCOS(=O)(=O)O)cc5S)c(O)c4c3N)c2)n1. The van der Waals surface area contributed by atoms with Gasteiger partial charge in [-0.3, -0.25) is 18.2 Å². The Morgan fingerprint density at radius 2 is 1.22 bits per heavy atom. The van der Waals surface area contributed by atoms with Crippen molar-refractivity contribution in [1.29, 1.82) is 0 Å². The van der Waals surface area contributed by atoms with Gasteiger partial charge < -0.3 is 21.1 Å². The molecule has 0 fully saturated rings. The Morgan fingerprint density at radius 1 is 0.662 bits per heavy atom. The van der Waals surface area contributed by atoms with E-state index in [1.165, 1.54) is 54.4 Å². The van der Waals surface area contributed by atoms with Crippen LogP contribution in [0.5, 0.6) is 5.75 Å². The van der Waals surface area contributed by atoms with Crippen molar-refractivity contribution >= 4 is 160 Å². The van der Waals surface area contributed by atoms with Gasteiger partial charge in [0.25, 0.3) is 20.2 Å². The molecule has 0 aliphatic carbocycles. The van der Waals surface area contributed by atoms with Crippen LogP contribution in [0.3, 0.4) is 0 Å². The van der Waals surface area contributed by atoms with E-state index in [1.54, 1.807) is 0 Å². The normalized spacial score (nSPS) is 13.0. The fourth-order valence-corrected chi connectivity index (χ4v) is 11.2. The first-order chi connectivity index (χ1) is 34.1. The molecule has 8 N–H and O–H groups in total. The van der Waals surface area contributed by atoms with Gasteiger partial charge in [-0.1, -0.05) is 6.07 Å². The number of azo groups is 2. The highest BCUT2D eigenvalue weighted by Crippen LogP contribution is 2.49. The average Bonchev–Trinajstić information content (AvgIpc) is 3.27. The summed E-state index contributed by atoms with van der Waals surface area (Å²) in [6, 6.07) is 13.7. The van der Waals surface area contributed by atoms with Gasteiger partial charge in [0.1, 0.15) is 26.9 Å². The van der Waals surface area contributed by atoms with Gasteiger partial charge in [-0.2, -0.15) is 48.6 Å². The van der Waals surface area contributed by atoms with Crippen LogP contribution in [0, 0.1) is 0 Å². The molecule has 6 aromatic rings. The average molecular weight is 1200 g/mol. The molecular formula is C36H33ClN10O19S8. The molecule has 0 aliphatic rings. The van der Waals surface area contributed by atoms with Gasteiger partial charge in [-0.05, 0) is 83.7 Å². The Morgan fingerprint density at radius 3 is 1.78 bits per heavy atom. The number of nitrogens with zero attached hydrogens (tertiary/aromatic N) is 8. The number of rotatable bonds is 20. The number of aromatic hydroxyl groups is 1. The molecule has 0 radical (unpaired) electrons. The molecule has 0 spiro atoms. The lowest BCUT2D eigenvalue weighted by Crippen LogP contribution is -2.17. The summed E-state index contributed by atoms with van der Waals surface area (Å²) in [7, 11) is -27.4. The summed E-state index contributed by atoms with van der Waals surface area (Å²) in [6.45, 7) is -1.81. The topological polar surface area (TPSA) is 454 Å². The van der Waals surface area contributed by atoms with E-state index in [1.807, 2.05) is 0 Å². The molecule has 0 saturated carbocycles. The Hall–Kier alpha value is -5.78. The van der Waals surface area contributed by atoms with Crippen molar-refractivity contribution in [2.24, 2.45) is 20.5 Å². The molecule has 0 bridgehead atoms. The van der Waals surface area contributed by atoms with Crippen LogP contribution < -0.4 is 16.0 Å². The van der Waals surface area contributed by atoms with E-state index in [0.29, 0.717) is 12.1 Å². The molecule has 0 unspecified atom stereocenters. The molecule has 5 aromatic carbocycles. The molecule has 74 heavy (non-hydrogen) atoms. The Bertz CT molecular complexity index is 4020. The first-order valence-corrected chi connectivity index (χ1v) is 29.6. The minimum absolute atomic E-state index is 0.101. The zero-order valence-electron chi connectivity index (χ0n) is 36.6. The number of nitrogens with one attached hydrogen (secondary N) is 1. The summed E-state index contributed by atoms with van der Waals surface area (Å²) >= 11 is 14.8. The number of aromatic nitrogens is 3. The Balaban J connectivity index is 1.33. The molecule has 38 heteroatoms. The number of nitrogen functional groups attached to an aromatic ring is 1. The maximum atomic E-state index is 12.9. The van der Waals surface area contributed by atoms with Crippen LogP contribution in [0.2, 0.25) is 5.28 Å². The van der Waals surface area contributed by atoms with Gasteiger partial charge in [-0.25, -0.2) is 25.2 Å². The molecule has 0 saturated heterocycles. The Labute approximate surface area is 435 Å². The lowest BCUT2D eigenvalue weighted by atomic mass is 10.1. The van der Waals surface area contributed by atoms with Crippen molar-refractivity contribution in [2.75, 3.05) is 47.7 Å². The van der Waals surface area contributed by atoms with Crippen LogP contribution in [0.15, 0.2) is 123 Å². The van der Waals surface area contributed by atoms with Gasteiger partial charge in [0, 0.05) is 28.2 Å². The van der Waals surface area contributed by atoms with Crippen LogP contribution in [0.1, 0.15) is 0 Å². The van der Waals surface area contributed by atoms with Gasteiger partial charge in [0.15, 0.2) is 25.4 Å². The first kappa shape index (κ1) is 57.5. The van der Waals surface area contributed by atoms with Gasteiger partial charge in [0.2, 0.25) is 17.2 Å². The Kier molecular flexibility index (Phi) is 17.0. The quantitative estimate of drug-likeness (QED) is 0.0195. The molecule has 0 aliphatic heterocycles. The number of halogens is 1. The molecule has 396 valence electrons. The third-order valence-corrected chi connectivity index (χ3v) is 16.5. The minimum atomic E-state index is -5.35. The number of phenolic OH excluding ortho intramolecular Hbond substituents is 1. The van der Waals surface area contributed by atoms with Crippen LogP contribution in [0.4, 0.5) is 51.7 Å². The summed E-state index contributed by atoms with van der Waals surface area (Å²) < 4.78 is 191. The molecule has 0 atom stereocenters. The lowest BCUT2D eigenvalue weighted by molar-refractivity contribution is 0.282. The number of hydrogen-bond donors (Lipinski definition) is 9. The maximum Gasteiger partial charge on any atom is 0.397 e. The highest BCUT2D eigenvalue weighted by molar-refractivity contribution is 7.92. The fourth-order valence-electron chi connectivity index (χ4n) is 6.18. The molecule has 0 amide bonds. The zero-order chi connectivity index (χ0) is 54.9. The van der Waals surface area contributed by atoms with Crippen molar-refractivity contribution in [3.05, 3.63) is 78.1 Å². The summed E-state index contributed by atoms with van der Waals surface area (Å²) in [5, 5.41) is 28.4. The van der Waals surface area contributed by atoms with Crippen molar-refractivity contribution in [2.45, 2.75) is 29.4 Å². The maximum absolute atomic E-state index is 12.9. The number of sulfone groups is 2. The van der Waals surface area contributed by atoms with E-state index in [2.05, 4.69) is 74.3 Å². The molecule has 29 nitrogen and oxygen atoms in total. The van der Waals surface area contributed by atoms with Crippen molar-refractivity contribution in [3.63, 3.8) is 0 Å². The largest absolute Gasteiger partial charge is 0.505 e. The summed E-state index contributed by atoms with van der Waals surface area (Å²) in [4.78, 5) is 10.7. The third-order valence-electron chi connectivity index (χ3n) is 9.55. The summed E-state index contributed by atoms with van der Waals surface area (Å²) in [6.07, 6.45) is 0. The zero-order valence-corrected chi connectivity index (χ0v) is 44.0. The van der Waals surface area contributed by atoms with E-state index >= 15 is 0 Å². The summed E-state index contributed by atoms with van der Waals surface area (Å²) in [5.74, 6) is -3.17. The predicted octanol–water partition coefficient (Wildman–Crippen LogP) is 5.57. The lowest BCUT2D eigenvalue weighted by Gasteiger charge is -2.19. The molecule has 6 rings (SSSR count). The molecular weight excluding hydrogens is 1170 g/mol. The number of phenols is 1.